The predicted molar refractivity (Wildman–Crippen MR) is 60.8 cm³/mol. The van der Waals surface area contributed by atoms with Crippen LogP contribution in [0.5, 0.6) is 5.75 Å². The molecule has 1 rings (SSSR count). The van der Waals surface area contributed by atoms with Gasteiger partial charge < -0.3 is 10.4 Å². The van der Waals surface area contributed by atoms with Crippen LogP contribution in [0.1, 0.15) is 32.3 Å². The summed E-state index contributed by atoms with van der Waals surface area (Å²) < 4.78 is 0. The van der Waals surface area contributed by atoms with Gasteiger partial charge in [-0.3, -0.25) is 0 Å². The Labute approximate surface area is 86.0 Å². The summed E-state index contributed by atoms with van der Waals surface area (Å²) in [6.07, 6.45) is 2.35. The third-order valence-corrected chi connectivity index (χ3v) is 2.33. The van der Waals surface area contributed by atoms with Crippen molar-refractivity contribution in [3.63, 3.8) is 0 Å². The van der Waals surface area contributed by atoms with Crippen molar-refractivity contribution in [3.05, 3.63) is 23.8 Å². The highest BCUT2D eigenvalue weighted by atomic mass is 16.3. The number of benzene rings is 1. The van der Waals surface area contributed by atoms with Crippen LogP contribution < -0.4 is 5.32 Å². The van der Waals surface area contributed by atoms with Gasteiger partial charge in [-0.2, -0.15) is 0 Å². The Morgan fingerprint density at radius 3 is 2.71 bits per heavy atom. The molecule has 0 aliphatic heterocycles. The number of hydrogen-bond acceptors (Lipinski definition) is 2. The summed E-state index contributed by atoms with van der Waals surface area (Å²) in [7, 11) is 0. The summed E-state index contributed by atoms with van der Waals surface area (Å²) in [6, 6.07) is 5.91. The average molecular weight is 193 g/mol. The van der Waals surface area contributed by atoms with E-state index in [1.807, 2.05) is 13.0 Å². The van der Waals surface area contributed by atoms with Crippen LogP contribution in [0.15, 0.2) is 18.2 Å². The van der Waals surface area contributed by atoms with Gasteiger partial charge in [-0.15, -0.1) is 0 Å². The van der Waals surface area contributed by atoms with E-state index in [9.17, 15) is 5.11 Å². The van der Waals surface area contributed by atoms with Gasteiger partial charge in [0.05, 0.1) is 0 Å². The number of nitrogens with one attached hydrogen (secondary N) is 1. The van der Waals surface area contributed by atoms with Gasteiger partial charge >= 0.3 is 0 Å². The van der Waals surface area contributed by atoms with Crippen molar-refractivity contribution in [1.82, 2.24) is 0 Å². The zero-order valence-corrected chi connectivity index (χ0v) is 9.17. The molecule has 14 heavy (non-hydrogen) atoms. The van der Waals surface area contributed by atoms with E-state index in [0.717, 1.165) is 11.3 Å². The summed E-state index contributed by atoms with van der Waals surface area (Å²) >= 11 is 0. The molecule has 0 aromatic heterocycles. The molecule has 0 saturated heterocycles. The van der Waals surface area contributed by atoms with E-state index in [0.29, 0.717) is 11.8 Å². The number of phenols is 1. The fourth-order valence-electron chi connectivity index (χ4n) is 1.58. The van der Waals surface area contributed by atoms with Gasteiger partial charge in [-0.25, -0.2) is 0 Å². The fraction of sp³-hybridized carbons (Fsp3) is 0.500. The quantitative estimate of drug-likeness (QED) is 0.719. The Morgan fingerprint density at radius 2 is 2.14 bits per heavy atom. The Balaban J connectivity index is 2.67. The molecule has 1 aromatic carbocycles. The molecule has 0 spiro atoms. The lowest BCUT2D eigenvalue weighted by atomic mass is 10.1. The van der Waals surface area contributed by atoms with Crippen molar-refractivity contribution in [2.45, 2.75) is 39.7 Å². The van der Waals surface area contributed by atoms with E-state index in [4.69, 9.17) is 0 Å². The lowest BCUT2D eigenvalue weighted by molar-refractivity contribution is 0.475. The lowest BCUT2D eigenvalue weighted by Gasteiger charge is -2.16. The van der Waals surface area contributed by atoms with Gasteiger partial charge in [0, 0.05) is 11.7 Å². The van der Waals surface area contributed by atoms with Gasteiger partial charge in [0.1, 0.15) is 5.75 Å². The van der Waals surface area contributed by atoms with E-state index in [-0.39, 0.29) is 0 Å². The molecule has 2 nitrogen and oxygen atoms in total. The predicted octanol–water partition coefficient (Wildman–Crippen LogP) is 3.30. The van der Waals surface area contributed by atoms with Gasteiger partial charge in [0.25, 0.3) is 0 Å². The first kappa shape index (κ1) is 10.9. The van der Waals surface area contributed by atoms with Crippen LogP contribution in [0.25, 0.3) is 0 Å². The van der Waals surface area contributed by atoms with Crippen LogP contribution >= 0.6 is 0 Å². The first-order valence-electron chi connectivity index (χ1n) is 5.19. The number of hydrogen-bond donors (Lipinski definition) is 2. The Hall–Kier alpha value is -1.18. The van der Waals surface area contributed by atoms with Crippen LogP contribution in [0.4, 0.5) is 5.69 Å². The average Bonchev–Trinajstić information content (AvgIpc) is 2.10. The zero-order valence-electron chi connectivity index (χ0n) is 9.17. The molecule has 0 radical (unpaired) electrons. The monoisotopic (exact) mass is 193 g/mol. The molecule has 78 valence electrons. The molecular weight excluding hydrogens is 174 g/mol. The summed E-state index contributed by atoms with van der Waals surface area (Å²) in [4.78, 5) is 0. The molecule has 0 aliphatic carbocycles. The van der Waals surface area contributed by atoms with Crippen LogP contribution in [0.3, 0.4) is 0 Å². The maximum Gasteiger partial charge on any atom is 0.115 e. The minimum Gasteiger partial charge on any atom is -0.508 e. The number of aromatic hydroxyl groups is 1. The minimum absolute atomic E-state index is 0.330. The normalized spacial score (nSPS) is 12.5. The van der Waals surface area contributed by atoms with Crippen molar-refractivity contribution >= 4 is 5.69 Å². The molecule has 0 fully saturated rings. The molecule has 0 saturated carbocycles. The highest BCUT2D eigenvalue weighted by Crippen LogP contribution is 2.21. The molecule has 2 N–H and O–H groups in total. The third kappa shape index (κ3) is 2.95. The molecule has 0 heterocycles. The van der Waals surface area contributed by atoms with Gasteiger partial charge in [-0.05, 0) is 44.0 Å². The minimum atomic E-state index is 0.330. The SMILES string of the molecule is CCCC(C)Nc1ccc(O)cc1C. The van der Waals surface area contributed by atoms with E-state index in [1.165, 1.54) is 12.8 Å². The first-order valence-corrected chi connectivity index (χ1v) is 5.19. The van der Waals surface area contributed by atoms with E-state index in [1.54, 1.807) is 12.1 Å². The number of rotatable bonds is 4. The second kappa shape index (κ2) is 4.89. The number of anilines is 1. The Kier molecular flexibility index (Phi) is 3.81. The Morgan fingerprint density at radius 1 is 1.43 bits per heavy atom. The third-order valence-electron chi connectivity index (χ3n) is 2.33. The highest BCUT2D eigenvalue weighted by Gasteiger charge is 2.03. The largest absolute Gasteiger partial charge is 0.508 e. The van der Waals surface area contributed by atoms with Crippen LogP contribution in [-0.4, -0.2) is 11.1 Å². The van der Waals surface area contributed by atoms with Gasteiger partial charge in [0.2, 0.25) is 0 Å². The van der Waals surface area contributed by atoms with Gasteiger partial charge in [-0.1, -0.05) is 13.3 Å². The van der Waals surface area contributed by atoms with Crippen LogP contribution in [-0.2, 0) is 0 Å². The van der Waals surface area contributed by atoms with Crippen molar-refractivity contribution in [3.8, 4) is 5.75 Å². The number of phenolic OH excluding ortho intramolecular Hbond substituents is 1. The Bertz CT molecular complexity index is 296. The van der Waals surface area contributed by atoms with E-state index < -0.39 is 0 Å². The smallest absolute Gasteiger partial charge is 0.115 e. The summed E-state index contributed by atoms with van der Waals surface area (Å²) in [5.41, 5.74) is 2.21. The van der Waals surface area contributed by atoms with Crippen LogP contribution in [0.2, 0.25) is 0 Å². The van der Waals surface area contributed by atoms with Crippen LogP contribution in [0, 0.1) is 6.92 Å². The van der Waals surface area contributed by atoms with Gasteiger partial charge in [0.15, 0.2) is 0 Å². The van der Waals surface area contributed by atoms with E-state index in [2.05, 4.69) is 19.2 Å². The standard InChI is InChI=1S/C12H19NO/c1-4-5-10(3)13-12-7-6-11(14)8-9(12)2/h6-8,10,13-14H,4-5H2,1-3H3. The topological polar surface area (TPSA) is 32.3 Å². The molecule has 2 heteroatoms. The lowest BCUT2D eigenvalue weighted by Crippen LogP contribution is -2.15. The zero-order chi connectivity index (χ0) is 10.6. The van der Waals surface area contributed by atoms with Crippen molar-refractivity contribution < 1.29 is 5.11 Å². The molecule has 0 bridgehead atoms. The maximum absolute atomic E-state index is 9.25. The molecule has 1 unspecified atom stereocenters. The molecule has 0 aliphatic rings. The fourth-order valence-corrected chi connectivity index (χ4v) is 1.58. The second-order valence-corrected chi connectivity index (χ2v) is 3.83. The highest BCUT2D eigenvalue weighted by molar-refractivity contribution is 5.53. The van der Waals surface area contributed by atoms with Crippen molar-refractivity contribution in [2.75, 3.05) is 5.32 Å². The molecule has 0 amide bonds. The molecular formula is C12H19NO. The number of aryl methyl sites for hydroxylation is 1. The van der Waals surface area contributed by atoms with E-state index >= 15 is 0 Å². The summed E-state index contributed by atoms with van der Waals surface area (Å²) in [5.74, 6) is 0.330. The second-order valence-electron chi connectivity index (χ2n) is 3.83. The summed E-state index contributed by atoms with van der Waals surface area (Å²) in [5, 5.41) is 12.7. The first-order chi connectivity index (χ1) is 6.63. The van der Waals surface area contributed by atoms with Crippen molar-refractivity contribution in [1.29, 1.82) is 0 Å². The van der Waals surface area contributed by atoms with Crippen molar-refractivity contribution in [2.24, 2.45) is 0 Å². The summed E-state index contributed by atoms with van der Waals surface area (Å²) in [6.45, 7) is 6.36. The molecule has 1 atom stereocenters. The maximum atomic E-state index is 9.25. The molecule has 1 aromatic rings.